The third-order valence-corrected chi connectivity index (χ3v) is 1.85. The number of hydrogen-bond acceptors (Lipinski definition) is 0. The normalized spacial score (nSPS) is 13.0. The smallest absolute Gasteiger partial charge is 0.126 e. The molecule has 1 rings (SSSR count). The van der Waals surface area contributed by atoms with Crippen LogP contribution in [0.3, 0.4) is 0 Å². The molecule has 0 spiro atoms. The predicted molar refractivity (Wildman–Crippen MR) is 45.2 cm³/mol. The second-order valence-electron chi connectivity index (χ2n) is 2.86. The van der Waals surface area contributed by atoms with Gasteiger partial charge in [0, 0.05) is 5.92 Å². The van der Waals surface area contributed by atoms with Crippen LogP contribution in [0.4, 0.5) is 8.78 Å². The van der Waals surface area contributed by atoms with Crippen LogP contribution in [0.5, 0.6) is 0 Å². The van der Waals surface area contributed by atoms with Crippen LogP contribution in [0.15, 0.2) is 18.2 Å². The van der Waals surface area contributed by atoms with Gasteiger partial charge in [-0.1, -0.05) is 12.1 Å². The molecule has 0 N–H and O–H groups in total. The van der Waals surface area contributed by atoms with Gasteiger partial charge in [-0.2, -0.15) is 0 Å². The summed E-state index contributed by atoms with van der Waals surface area (Å²) in [5, 5.41) is 0. The number of hydrogen-bond donors (Lipinski definition) is 0. The first kappa shape index (κ1) is 9.17. The fraction of sp³-hybridized carbons (Fsp3) is 0.300. The summed E-state index contributed by atoms with van der Waals surface area (Å²) >= 11 is 0. The molecule has 1 radical (unpaired) electrons. The molecule has 1 unspecified atom stereocenters. The van der Waals surface area contributed by atoms with E-state index in [0.717, 1.165) is 0 Å². The Kier molecular flexibility index (Phi) is 2.79. The molecule has 0 heterocycles. The fourth-order valence-electron chi connectivity index (χ4n) is 0.952. The van der Waals surface area contributed by atoms with E-state index in [1.807, 2.05) is 0 Å². The van der Waals surface area contributed by atoms with Gasteiger partial charge in [0.05, 0.1) is 6.67 Å². The number of rotatable bonds is 2. The van der Waals surface area contributed by atoms with Gasteiger partial charge in [0.25, 0.3) is 0 Å². The zero-order chi connectivity index (χ0) is 9.14. The predicted octanol–water partition coefficient (Wildman–Crippen LogP) is 3.02. The maximum absolute atomic E-state index is 12.9. The van der Waals surface area contributed by atoms with Crippen LogP contribution in [0.25, 0.3) is 0 Å². The standard InChI is InChI=1S/C10H11F2/c1-7-3-4-9(5-10(7)12)8(2)6-11/h3-5,8H,2,6H2,1H3. The lowest BCUT2D eigenvalue weighted by Gasteiger charge is -2.07. The average molecular weight is 169 g/mol. The molecule has 0 fully saturated rings. The highest BCUT2D eigenvalue weighted by atomic mass is 19.1. The first-order chi connectivity index (χ1) is 5.65. The summed E-state index contributed by atoms with van der Waals surface area (Å²) in [6.07, 6.45) is 0. The topological polar surface area (TPSA) is 0 Å². The quantitative estimate of drug-likeness (QED) is 0.638. The molecule has 0 amide bonds. The molecule has 0 aliphatic carbocycles. The van der Waals surface area contributed by atoms with Gasteiger partial charge in [-0.25, -0.2) is 4.39 Å². The Morgan fingerprint density at radius 3 is 2.67 bits per heavy atom. The van der Waals surface area contributed by atoms with Crippen molar-refractivity contribution < 1.29 is 8.78 Å². The molecule has 1 atom stereocenters. The fourth-order valence-corrected chi connectivity index (χ4v) is 0.952. The third kappa shape index (κ3) is 1.81. The molecule has 1 aromatic rings. The van der Waals surface area contributed by atoms with Gasteiger partial charge >= 0.3 is 0 Å². The zero-order valence-electron chi connectivity index (χ0n) is 6.98. The molecule has 0 aliphatic heterocycles. The van der Waals surface area contributed by atoms with E-state index in [1.165, 1.54) is 6.07 Å². The highest BCUT2D eigenvalue weighted by molar-refractivity contribution is 5.26. The van der Waals surface area contributed by atoms with Crippen molar-refractivity contribution in [3.63, 3.8) is 0 Å². The molecule has 0 aromatic heterocycles. The first-order valence-corrected chi connectivity index (χ1v) is 3.80. The summed E-state index contributed by atoms with van der Waals surface area (Å²) < 4.78 is 25.0. The largest absolute Gasteiger partial charge is 0.250 e. The molecule has 65 valence electrons. The van der Waals surface area contributed by atoms with Gasteiger partial charge < -0.3 is 0 Å². The molecule has 0 saturated heterocycles. The van der Waals surface area contributed by atoms with Crippen LogP contribution in [0.2, 0.25) is 0 Å². The number of halogens is 2. The van der Waals surface area contributed by atoms with Crippen molar-refractivity contribution >= 4 is 0 Å². The Hall–Kier alpha value is -0.920. The third-order valence-electron chi connectivity index (χ3n) is 1.85. The first-order valence-electron chi connectivity index (χ1n) is 3.80. The van der Waals surface area contributed by atoms with Gasteiger partial charge in [-0.15, -0.1) is 0 Å². The zero-order valence-corrected chi connectivity index (χ0v) is 6.98. The lowest BCUT2D eigenvalue weighted by Crippen LogP contribution is -1.97. The molecular weight excluding hydrogens is 158 g/mol. The Labute approximate surface area is 71.2 Å². The lowest BCUT2D eigenvalue weighted by molar-refractivity contribution is 0.464. The average Bonchev–Trinajstić information content (AvgIpc) is 2.08. The van der Waals surface area contributed by atoms with Crippen LogP contribution in [-0.4, -0.2) is 6.67 Å². The highest BCUT2D eigenvalue weighted by Gasteiger charge is 2.06. The number of alkyl halides is 1. The van der Waals surface area contributed by atoms with E-state index in [9.17, 15) is 8.78 Å². The Bertz CT molecular complexity index is 269. The summed E-state index contributed by atoms with van der Waals surface area (Å²) in [6, 6.07) is 4.68. The molecule has 12 heavy (non-hydrogen) atoms. The Balaban J connectivity index is 2.96. The molecule has 1 aromatic carbocycles. The van der Waals surface area contributed by atoms with Crippen molar-refractivity contribution in [1.82, 2.24) is 0 Å². The van der Waals surface area contributed by atoms with E-state index in [-0.39, 0.29) is 5.82 Å². The summed E-state index contributed by atoms with van der Waals surface area (Å²) in [4.78, 5) is 0. The van der Waals surface area contributed by atoms with Crippen LogP contribution in [-0.2, 0) is 0 Å². The van der Waals surface area contributed by atoms with Crippen LogP contribution in [0, 0.1) is 19.7 Å². The minimum absolute atomic E-state index is 0.297. The van der Waals surface area contributed by atoms with Gasteiger partial charge in [0.2, 0.25) is 0 Å². The van der Waals surface area contributed by atoms with Gasteiger partial charge in [-0.3, -0.25) is 4.39 Å². The molecule has 0 aliphatic rings. The van der Waals surface area contributed by atoms with E-state index < -0.39 is 12.6 Å². The van der Waals surface area contributed by atoms with Crippen LogP contribution >= 0.6 is 0 Å². The second kappa shape index (κ2) is 3.65. The summed E-state index contributed by atoms with van der Waals surface area (Å²) in [7, 11) is 0. The summed E-state index contributed by atoms with van der Waals surface area (Å²) in [5.41, 5.74) is 1.19. The second-order valence-corrected chi connectivity index (χ2v) is 2.86. The van der Waals surface area contributed by atoms with Crippen molar-refractivity contribution in [3.8, 4) is 0 Å². The SMILES string of the molecule is [CH2]C(CF)c1ccc(C)c(F)c1. The minimum atomic E-state index is -0.553. The van der Waals surface area contributed by atoms with Crippen molar-refractivity contribution in [2.24, 2.45) is 0 Å². The number of aryl methyl sites for hydroxylation is 1. The van der Waals surface area contributed by atoms with Gasteiger partial charge in [0.15, 0.2) is 0 Å². The van der Waals surface area contributed by atoms with E-state index in [0.29, 0.717) is 11.1 Å². The van der Waals surface area contributed by atoms with E-state index in [4.69, 9.17) is 0 Å². The molecule has 2 heteroatoms. The number of benzene rings is 1. The van der Waals surface area contributed by atoms with Crippen molar-refractivity contribution in [2.75, 3.05) is 6.67 Å². The van der Waals surface area contributed by atoms with E-state index >= 15 is 0 Å². The monoisotopic (exact) mass is 169 g/mol. The maximum Gasteiger partial charge on any atom is 0.126 e. The van der Waals surface area contributed by atoms with E-state index in [1.54, 1.807) is 19.1 Å². The van der Waals surface area contributed by atoms with Crippen molar-refractivity contribution in [1.29, 1.82) is 0 Å². The molecule has 0 bridgehead atoms. The van der Waals surface area contributed by atoms with Crippen LogP contribution in [0.1, 0.15) is 17.0 Å². The van der Waals surface area contributed by atoms with Crippen LogP contribution < -0.4 is 0 Å². The van der Waals surface area contributed by atoms with Gasteiger partial charge in [-0.05, 0) is 31.0 Å². The molecular formula is C10H11F2. The lowest BCUT2D eigenvalue weighted by atomic mass is 10.0. The maximum atomic E-state index is 12.9. The van der Waals surface area contributed by atoms with Crippen molar-refractivity contribution in [2.45, 2.75) is 12.8 Å². The molecule has 0 saturated carbocycles. The Morgan fingerprint density at radius 1 is 1.50 bits per heavy atom. The Morgan fingerprint density at radius 2 is 2.17 bits per heavy atom. The molecule has 0 nitrogen and oxygen atoms in total. The van der Waals surface area contributed by atoms with Crippen molar-refractivity contribution in [3.05, 3.63) is 42.1 Å². The van der Waals surface area contributed by atoms with Gasteiger partial charge in [0.1, 0.15) is 5.82 Å². The minimum Gasteiger partial charge on any atom is -0.250 e. The summed E-state index contributed by atoms with van der Waals surface area (Å²) in [6.45, 7) is 4.68. The van der Waals surface area contributed by atoms with E-state index in [2.05, 4.69) is 6.92 Å². The summed E-state index contributed by atoms with van der Waals surface area (Å²) in [5.74, 6) is -0.755. The highest BCUT2D eigenvalue weighted by Crippen LogP contribution is 2.17.